The third-order valence-corrected chi connectivity index (χ3v) is 3.90. The Bertz CT molecular complexity index is 694. The Labute approximate surface area is 125 Å². The van der Waals surface area contributed by atoms with Gasteiger partial charge in [-0.15, -0.1) is 11.3 Å². The molecule has 7 heteroatoms. The summed E-state index contributed by atoms with van der Waals surface area (Å²) in [6.07, 6.45) is 2.47. The molecule has 0 bridgehead atoms. The number of carbonyl (C=O) groups is 1. The van der Waals surface area contributed by atoms with Crippen molar-refractivity contribution in [1.29, 1.82) is 0 Å². The monoisotopic (exact) mass is 303 g/mol. The number of nitrogens with zero attached hydrogens (tertiary/aromatic N) is 2. The first kappa shape index (κ1) is 14.9. The standard InChI is InChI=1S/C14H13N3O3S/c1-2-10-7-8-11(21-10)9-15-16-14(18)12-5-3-4-6-13(12)17(19)20/h3-9H,2H2,1H3,(H,16,18). The highest BCUT2D eigenvalue weighted by Gasteiger charge is 2.18. The number of hydrogen-bond acceptors (Lipinski definition) is 5. The Balaban J connectivity index is 2.07. The maximum atomic E-state index is 11.9. The summed E-state index contributed by atoms with van der Waals surface area (Å²) < 4.78 is 0. The van der Waals surface area contributed by atoms with Crippen molar-refractivity contribution in [3.8, 4) is 0 Å². The molecule has 0 atom stereocenters. The van der Waals surface area contributed by atoms with E-state index in [2.05, 4.69) is 17.5 Å². The lowest BCUT2D eigenvalue weighted by atomic mass is 10.2. The summed E-state index contributed by atoms with van der Waals surface area (Å²) in [6, 6.07) is 9.66. The van der Waals surface area contributed by atoms with E-state index in [1.165, 1.54) is 29.3 Å². The molecule has 0 aliphatic carbocycles. The normalized spacial score (nSPS) is 10.7. The Morgan fingerprint density at radius 2 is 2.14 bits per heavy atom. The van der Waals surface area contributed by atoms with E-state index in [0.29, 0.717) is 0 Å². The molecule has 0 spiro atoms. The first-order chi connectivity index (χ1) is 10.1. The van der Waals surface area contributed by atoms with Crippen LogP contribution in [0.3, 0.4) is 0 Å². The Morgan fingerprint density at radius 3 is 2.81 bits per heavy atom. The first-order valence-corrected chi connectivity index (χ1v) is 7.09. The average Bonchev–Trinajstić information content (AvgIpc) is 2.95. The van der Waals surface area contributed by atoms with Gasteiger partial charge in [-0.3, -0.25) is 14.9 Å². The molecule has 2 aromatic rings. The fourth-order valence-electron chi connectivity index (χ4n) is 1.69. The zero-order valence-corrected chi connectivity index (χ0v) is 12.1. The van der Waals surface area contributed by atoms with Crippen LogP contribution in [0, 0.1) is 10.1 Å². The molecule has 0 aliphatic rings. The van der Waals surface area contributed by atoms with Crippen molar-refractivity contribution in [2.75, 3.05) is 0 Å². The van der Waals surface area contributed by atoms with Crippen LogP contribution in [0.5, 0.6) is 0 Å². The Kier molecular flexibility index (Phi) is 4.78. The molecule has 108 valence electrons. The van der Waals surface area contributed by atoms with Gasteiger partial charge in [-0.1, -0.05) is 19.1 Å². The summed E-state index contributed by atoms with van der Waals surface area (Å²) in [7, 11) is 0. The number of benzene rings is 1. The predicted molar refractivity (Wildman–Crippen MR) is 81.9 cm³/mol. The van der Waals surface area contributed by atoms with Gasteiger partial charge in [0.1, 0.15) is 5.56 Å². The van der Waals surface area contributed by atoms with Gasteiger partial charge in [-0.2, -0.15) is 5.10 Å². The van der Waals surface area contributed by atoms with E-state index >= 15 is 0 Å². The number of nitro benzene ring substituents is 1. The molecule has 1 N–H and O–H groups in total. The number of nitrogens with one attached hydrogen (secondary N) is 1. The maximum Gasteiger partial charge on any atom is 0.282 e. The van der Waals surface area contributed by atoms with Crippen LogP contribution in [0.4, 0.5) is 5.69 Å². The second-order valence-electron chi connectivity index (χ2n) is 4.13. The largest absolute Gasteiger partial charge is 0.282 e. The lowest BCUT2D eigenvalue weighted by molar-refractivity contribution is -0.385. The zero-order valence-electron chi connectivity index (χ0n) is 11.3. The van der Waals surface area contributed by atoms with Crippen LogP contribution >= 0.6 is 11.3 Å². The van der Waals surface area contributed by atoms with Gasteiger partial charge in [0, 0.05) is 15.8 Å². The van der Waals surface area contributed by atoms with E-state index in [1.807, 2.05) is 12.1 Å². The third kappa shape index (κ3) is 3.73. The molecule has 0 radical (unpaired) electrons. The number of hydrazone groups is 1. The van der Waals surface area contributed by atoms with Crippen molar-refractivity contribution in [1.82, 2.24) is 5.43 Å². The van der Waals surface area contributed by atoms with Gasteiger partial charge in [0.2, 0.25) is 0 Å². The van der Waals surface area contributed by atoms with E-state index in [-0.39, 0.29) is 11.3 Å². The van der Waals surface area contributed by atoms with Crippen LogP contribution in [0.25, 0.3) is 0 Å². The second-order valence-corrected chi connectivity index (χ2v) is 5.33. The van der Waals surface area contributed by atoms with E-state index < -0.39 is 10.8 Å². The highest BCUT2D eigenvalue weighted by Crippen LogP contribution is 2.17. The summed E-state index contributed by atoms with van der Waals surface area (Å²) in [5.41, 5.74) is 2.05. The number of para-hydroxylation sites is 1. The molecule has 0 unspecified atom stereocenters. The summed E-state index contributed by atoms with van der Waals surface area (Å²) >= 11 is 1.58. The number of rotatable bonds is 5. The van der Waals surface area contributed by atoms with Crippen LogP contribution in [0.2, 0.25) is 0 Å². The van der Waals surface area contributed by atoms with Crippen LogP contribution < -0.4 is 5.43 Å². The number of aryl methyl sites for hydroxylation is 1. The van der Waals surface area contributed by atoms with Crippen molar-refractivity contribution in [2.24, 2.45) is 5.10 Å². The van der Waals surface area contributed by atoms with Crippen LogP contribution in [0.1, 0.15) is 27.0 Å². The van der Waals surface area contributed by atoms with E-state index in [9.17, 15) is 14.9 Å². The number of hydrogen-bond donors (Lipinski definition) is 1. The smallest absolute Gasteiger partial charge is 0.267 e. The highest BCUT2D eigenvalue weighted by molar-refractivity contribution is 7.13. The molecule has 0 fully saturated rings. The highest BCUT2D eigenvalue weighted by atomic mass is 32.1. The quantitative estimate of drug-likeness (QED) is 0.523. The number of nitro groups is 1. The van der Waals surface area contributed by atoms with Gasteiger partial charge in [0.15, 0.2) is 0 Å². The average molecular weight is 303 g/mol. The molecular weight excluding hydrogens is 290 g/mol. The molecule has 1 aromatic carbocycles. The number of amides is 1. The molecule has 1 amide bonds. The van der Waals surface area contributed by atoms with E-state index in [4.69, 9.17) is 0 Å². The summed E-state index contributed by atoms with van der Waals surface area (Å²) in [5.74, 6) is -0.606. The Morgan fingerprint density at radius 1 is 1.38 bits per heavy atom. The SMILES string of the molecule is CCc1ccc(C=NNC(=O)c2ccccc2[N+](=O)[O-])s1. The van der Waals surface area contributed by atoms with Crippen molar-refractivity contribution < 1.29 is 9.72 Å². The van der Waals surface area contributed by atoms with Crippen LogP contribution in [0.15, 0.2) is 41.5 Å². The molecule has 6 nitrogen and oxygen atoms in total. The molecule has 1 heterocycles. The van der Waals surface area contributed by atoms with Gasteiger partial charge in [-0.05, 0) is 24.6 Å². The van der Waals surface area contributed by atoms with Gasteiger partial charge < -0.3 is 0 Å². The molecule has 2 rings (SSSR count). The van der Waals surface area contributed by atoms with Gasteiger partial charge >= 0.3 is 0 Å². The minimum Gasteiger partial charge on any atom is -0.267 e. The molecular formula is C14H13N3O3S. The fourth-order valence-corrected chi connectivity index (χ4v) is 2.52. The molecule has 0 aliphatic heterocycles. The topological polar surface area (TPSA) is 84.6 Å². The molecule has 1 aromatic heterocycles. The number of carbonyl (C=O) groups excluding carboxylic acids is 1. The fraction of sp³-hybridized carbons (Fsp3) is 0.143. The summed E-state index contributed by atoms with van der Waals surface area (Å²) in [6.45, 7) is 2.06. The van der Waals surface area contributed by atoms with Crippen molar-refractivity contribution in [2.45, 2.75) is 13.3 Å². The summed E-state index contributed by atoms with van der Waals surface area (Å²) in [4.78, 5) is 24.3. The third-order valence-electron chi connectivity index (χ3n) is 2.73. The predicted octanol–water partition coefficient (Wildman–Crippen LogP) is 2.98. The minimum absolute atomic E-state index is 0.0138. The van der Waals surface area contributed by atoms with Gasteiger partial charge in [0.25, 0.3) is 11.6 Å². The number of thiophene rings is 1. The van der Waals surface area contributed by atoms with E-state index in [0.717, 1.165) is 11.3 Å². The van der Waals surface area contributed by atoms with Crippen molar-refractivity contribution in [3.05, 3.63) is 61.8 Å². The van der Waals surface area contributed by atoms with Gasteiger partial charge in [0.05, 0.1) is 11.1 Å². The van der Waals surface area contributed by atoms with Crippen molar-refractivity contribution in [3.63, 3.8) is 0 Å². The van der Waals surface area contributed by atoms with Crippen LogP contribution in [-0.4, -0.2) is 17.0 Å². The molecule has 21 heavy (non-hydrogen) atoms. The molecule has 0 saturated heterocycles. The van der Waals surface area contributed by atoms with E-state index in [1.54, 1.807) is 17.4 Å². The maximum absolute atomic E-state index is 11.9. The van der Waals surface area contributed by atoms with Crippen molar-refractivity contribution >= 4 is 29.1 Å². The summed E-state index contributed by atoms with van der Waals surface area (Å²) in [5, 5.41) is 14.7. The van der Waals surface area contributed by atoms with Gasteiger partial charge in [-0.25, -0.2) is 5.43 Å². The van der Waals surface area contributed by atoms with Crippen LogP contribution in [-0.2, 0) is 6.42 Å². The first-order valence-electron chi connectivity index (χ1n) is 6.27. The zero-order chi connectivity index (χ0) is 15.2. The molecule has 0 saturated carbocycles. The second kappa shape index (κ2) is 6.76. The lowest BCUT2D eigenvalue weighted by Gasteiger charge is -2.00. The lowest BCUT2D eigenvalue weighted by Crippen LogP contribution is -2.18. The minimum atomic E-state index is -0.606. The Hall–Kier alpha value is -2.54.